The van der Waals surface area contributed by atoms with Crippen LogP contribution in [0.15, 0.2) is 18.2 Å². The minimum atomic E-state index is -0.285. The van der Waals surface area contributed by atoms with Crippen LogP contribution in [0.25, 0.3) is 0 Å². The highest BCUT2D eigenvalue weighted by Gasteiger charge is 2.41. The molecule has 19 heavy (non-hydrogen) atoms. The molecule has 1 aliphatic rings. The van der Waals surface area contributed by atoms with E-state index < -0.39 is 0 Å². The molecule has 0 saturated carbocycles. The Morgan fingerprint density at radius 1 is 1.32 bits per heavy atom. The summed E-state index contributed by atoms with van der Waals surface area (Å²) in [5.74, 6) is 5.83. The van der Waals surface area contributed by atoms with Gasteiger partial charge in [-0.15, -0.1) is 0 Å². The minimum Gasteiger partial charge on any atom is -0.381 e. The zero-order valence-corrected chi connectivity index (χ0v) is 12.0. The number of ether oxygens (including phenoxy) is 2. The van der Waals surface area contributed by atoms with Crippen molar-refractivity contribution in [3.63, 3.8) is 0 Å². The summed E-state index contributed by atoms with van der Waals surface area (Å²) in [4.78, 5) is 0. The largest absolute Gasteiger partial charge is 0.381 e. The Morgan fingerprint density at radius 3 is 2.53 bits per heavy atom. The Balaban J connectivity index is 2.36. The van der Waals surface area contributed by atoms with Gasteiger partial charge in [0, 0.05) is 33.2 Å². The van der Waals surface area contributed by atoms with Gasteiger partial charge in [0.2, 0.25) is 0 Å². The van der Waals surface area contributed by atoms with Gasteiger partial charge < -0.3 is 9.47 Å². The summed E-state index contributed by atoms with van der Waals surface area (Å²) in [5.41, 5.74) is 6.38. The second kappa shape index (κ2) is 6.01. The van der Waals surface area contributed by atoms with Gasteiger partial charge in [0.05, 0.1) is 11.6 Å². The Hall–Kier alpha value is -0.940. The van der Waals surface area contributed by atoms with Gasteiger partial charge >= 0.3 is 0 Å². The number of hydrogen-bond donors (Lipinski definition) is 2. The summed E-state index contributed by atoms with van der Waals surface area (Å²) >= 11 is 0. The molecular weight excluding hydrogens is 240 g/mol. The van der Waals surface area contributed by atoms with Crippen LogP contribution in [0.4, 0.5) is 0 Å². The van der Waals surface area contributed by atoms with E-state index in [0.717, 1.165) is 26.1 Å². The summed E-state index contributed by atoms with van der Waals surface area (Å²) in [6, 6.07) is 6.44. The lowest BCUT2D eigenvalue weighted by atomic mass is 9.81. The van der Waals surface area contributed by atoms with Crippen LogP contribution in [0.3, 0.4) is 0 Å². The molecule has 1 aromatic rings. The molecule has 3 N–H and O–H groups in total. The average Bonchev–Trinajstić information content (AvgIpc) is 2.43. The molecule has 106 valence electrons. The highest BCUT2D eigenvalue weighted by Crippen LogP contribution is 2.38. The van der Waals surface area contributed by atoms with Gasteiger partial charge in [-0.05, 0) is 25.0 Å². The van der Waals surface area contributed by atoms with Gasteiger partial charge in [-0.25, -0.2) is 0 Å². The number of nitrogens with two attached hydrogens (primary N) is 1. The first-order valence-corrected chi connectivity index (χ1v) is 6.79. The lowest BCUT2D eigenvalue weighted by Gasteiger charge is -2.42. The van der Waals surface area contributed by atoms with Crippen LogP contribution < -0.4 is 11.3 Å². The molecule has 0 aliphatic carbocycles. The molecule has 0 radical (unpaired) electrons. The molecule has 1 saturated heterocycles. The van der Waals surface area contributed by atoms with E-state index in [2.05, 4.69) is 37.5 Å². The number of rotatable bonds is 4. The van der Waals surface area contributed by atoms with Crippen LogP contribution in [-0.4, -0.2) is 25.9 Å². The number of methoxy groups -OCH3 is 1. The predicted octanol–water partition coefficient (Wildman–Crippen LogP) is 2.00. The van der Waals surface area contributed by atoms with Gasteiger partial charge in [0.1, 0.15) is 0 Å². The van der Waals surface area contributed by atoms with Gasteiger partial charge in [0.25, 0.3) is 0 Å². The molecule has 1 atom stereocenters. The van der Waals surface area contributed by atoms with Gasteiger partial charge in [0.15, 0.2) is 0 Å². The zero-order chi connectivity index (χ0) is 13.9. The Bertz CT molecular complexity index is 428. The van der Waals surface area contributed by atoms with E-state index in [-0.39, 0.29) is 11.6 Å². The first kappa shape index (κ1) is 14.5. The minimum absolute atomic E-state index is 0.0120. The number of hydrazine groups is 1. The summed E-state index contributed by atoms with van der Waals surface area (Å²) in [6.07, 6.45) is 1.71. The van der Waals surface area contributed by atoms with E-state index in [9.17, 15) is 0 Å². The SMILES string of the molecule is COC1(C(NN)c2ccc(C)cc2C)CCOCC1. The quantitative estimate of drug-likeness (QED) is 0.645. The normalized spacial score (nSPS) is 20.2. The Labute approximate surface area is 115 Å². The van der Waals surface area contributed by atoms with Crippen molar-refractivity contribution in [2.24, 2.45) is 5.84 Å². The third-order valence-corrected chi connectivity index (χ3v) is 4.17. The van der Waals surface area contributed by atoms with E-state index >= 15 is 0 Å². The lowest BCUT2D eigenvalue weighted by molar-refractivity contribution is -0.111. The molecule has 0 bridgehead atoms. The van der Waals surface area contributed by atoms with Crippen molar-refractivity contribution < 1.29 is 9.47 Å². The van der Waals surface area contributed by atoms with E-state index in [4.69, 9.17) is 15.3 Å². The third-order valence-electron chi connectivity index (χ3n) is 4.17. The topological polar surface area (TPSA) is 56.5 Å². The summed E-state index contributed by atoms with van der Waals surface area (Å²) in [7, 11) is 1.76. The van der Waals surface area contributed by atoms with E-state index in [0.29, 0.717) is 0 Å². The molecule has 0 aromatic heterocycles. The van der Waals surface area contributed by atoms with Crippen molar-refractivity contribution in [3.05, 3.63) is 34.9 Å². The highest BCUT2D eigenvalue weighted by atomic mass is 16.5. The smallest absolute Gasteiger partial charge is 0.0929 e. The number of hydrogen-bond acceptors (Lipinski definition) is 4. The first-order valence-electron chi connectivity index (χ1n) is 6.79. The first-order chi connectivity index (χ1) is 9.13. The number of nitrogens with one attached hydrogen (secondary N) is 1. The molecule has 0 amide bonds. The fourth-order valence-electron chi connectivity index (χ4n) is 3.00. The average molecular weight is 264 g/mol. The van der Waals surface area contributed by atoms with Gasteiger partial charge in [-0.3, -0.25) is 11.3 Å². The third kappa shape index (κ3) is 2.82. The van der Waals surface area contributed by atoms with Crippen molar-refractivity contribution >= 4 is 0 Å². The van der Waals surface area contributed by atoms with Crippen LogP contribution in [0.2, 0.25) is 0 Å². The lowest BCUT2D eigenvalue weighted by Crippen LogP contribution is -2.51. The fraction of sp³-hybridized carbons (Fsp3) is 0.600. The Morgan fingerprint density at radius 2 is 2.00 bits per heavy atom. The summed E-state index contributed by atoms with van der Waals surface area (Å²) in [5, 5.41) is 0. The fourth-order valence-corrected chi connectivity index (χ4v) is 3.00. The van der Waals surface area contributed by atoms with Crippen LogP contribution in [-0.2, 0) is 9.47 Å². The van der Waals surface area contributed by atoms with Crippen molar-refractivity contribution in [2.75, 3.05) is 20.3 Å². The number of aryl methyl sites for hydroxylation is 2. The molecule has 2 rings (SSSR count). The molecule has 1 heterocycles. The van der Waals surface area contributed by atoms with Gasteiger partial charge in [-0.2, -0.15) is 0 Å². The monoisotopic (exact) mass is 264 g/mol. The molecule has 1 aliphatic heterocycles. The highest BCUT2D eigenvalue weighted by molar-refractivity contribution is 5.34. The summed E-state index contributed by atoms with van der Waals surface area (Å²) in [6.45, 7) is 5.66. The van der Waals surface area contributed by atoms with Crippen molar-refractivity contribution in [2.45, 2.75) is 38.3 Å². The van der Waals surface area contributed by atoms with Crippen molar-refractivity contribution in [1.29, 1.82) is 0 Å². The number of benzene rings is 1. The maximum Gasteiger partial charge on any atom is 0.0929 e. The van der Waals surface area contributed by atoms with Crippen molar-refractivity contribution in [3.8, 4) is 0 Å². The molecule has 1 unspecified atom stereocenters. The van der Waals surface area contributed by atoms with Crippen LogP contribution in [0.5, 0.6) is 0 Å². The van der Waals surface area contributed by atoms with Crippen LogP contribution >= 0.6 is 0 Å². The van der Waals surface area contributed by atoms with Gasteiger partial charge in [-0.1, -0.05) is 23.8 Å². The van der Waals surface area contributed by atoms with Crippen molar-refractivity contribution in [1.82, 2.24) is 5.43 Å². The van der Waals surface area contributed by atoms with E-state index in [1.54, 1.807) is 7.11 Å². The summed E-state index contributed by atoms with van der Waals surface area (Å²) < 4.78 is 11.3. The van der Waals surface area contributed by atoms with Crippen LogP contribution in [0, 0.1) is 13.8 Å². The maximum absolute atomic E-state index is 5.85. The Kier molecular flexibility index (Phi) is 4.58. The molecule has 0 spiro atoms. The molecule has 4 nitrogen and oxygen atoms in total. The predicted molar refractivity (Wildman–Crippen MR) is 75.8 cm³/mol. The zero-order valence-electron chi connectivity index (χ0n) is 12.0. The van der Waals surface area contributed by atoms with Crippen LogP contribution in [0.1, 0.15) is 35.6 Å². The second-order valence-corrected chi connectivity index (χ2v) is 5.34. The molecule has 1 aromatic carbocycles. The molecule has 4 heteroatoms. The standard InChI is InChI=1S/C15H24N2O2/c1-11-4-5-13(12(2)10-11)14(17-16)15(18-3)6-8-19-9-7-15/h4-5,10,14,17H,6-9,16H2,1-3H3. The maximum atomic E-state index is 5.85. The van der Waals surface area contributed by atoms with E-state index in [1.165, 1.54) is 16.7 Å². The van der Waals surface area contributed by atoms with E-state index in [1.807, 2.05) is 0 Å². The second-order valence-electron chi connectivity index (χ2n) is 5.34. The molecule has 1 fully saturated rings. The molecular formula is C15H24N2O2.